The maximum absolute atomic E-state index is 9.30. The molecule has 0 spiro atoms. The fraction of sp³-hybridized carbons (Fsp3) is 0.462. The summed E-state index contributed by atoms with van der Waals surface area (Å²) in [4.78, 5) is 0.956. The molecule has 0 aliphatic heterocycles. The van der Waals surface area contributed by atoms with Crippen molar-refractivity contribution in [1.82, 2.24) is 0 Å². The molecule has 17 heavy (non-hydrogen) atoms. The van der Waals surface area contributed by atoms with Gasteiger partial charge in [0.05, 0.1) is 23.9 Å². The van der Waals surface area contributed by atoms with Gasteiger partial charge in [-0.3, -0.25) is 0 Å². The Morgan fingerprint density at radius 1 is 1.47 bits per heavy atom. The van der Waals surface area contributed by atoms with E-state index >= 15 is 0 Å². The van der Waals surface area contributed by atoms with Gasteiger partial charge in [-0.2, -0.15) is 5.26 Å². The molecule has 0 radical (unpaired) electrons. The summed E-state index contributed by atoms with van der Waals surface area (Å²) in [6, 6.07) is 7.92. The van der Waals surface area contributed by atoms with Gasteiger partial charge in [0, 0.05) is 4.90 Å². The number of anilines is 1. The Bertz CT molecular complexity index is 412. The molecule has 1 atom stereocenters. The highest BCUT2D eigenvalue weighted by atomic mass is 32.2. The van der Waals surface area contributed by atoms with Gasteiger partial charge in [-0.1, -0.05) is 19.9 Å². The monoisotopic (exact) mass is 250 g/mol. The molecule has 3 nitrogen and oxygen atoms in total. The molecule has 0 saturated carbocycles. The maximum atomic E-state index is 9.30. The third-order valence-electron chi connectivity index (χ3n) is 2.70. The Labute approximate surface area is 107 Å². The van der Waals surface area contributed by atoms with Crippen LogP contribution in [0.2, 0.25) is 0 Å². The van der Waals surface area contributed by atoms with E-state index in [0.29, 0.717) is 11.5 Å². The zero-order valence-electron chi connectivity index (χ0n) is 10.4. The Morgan fingerprint density at radius 2 is 2.18 bits per heavy atom. The van der Waals surface area contributed by atoms with Crippen LogP contribution in [-0.4, -0.2) is 24.0 Å². The quantitative estimate of drug-likeness (QED) is 0.789. The normalized spacial score (nSPS) is 12.2. The third-order valence-corrected chi connectivity index (χ3v) is 3.48. The van der Waals surface area contributed by atoms with Crippen LogP contribution < -0.4 is 5.32 Å². The van der Waals surface area contributed by atoms with Crippen LogP contribution in [0.1, 0.15) is 19.4 Å². The Balaban J connectivity index is 3.02. The second-order valence-electron chi connectivity index (χ2n) is 4.17. The zero-order valence-corrected chi connectivity index (χ0v) is 11.2. The van der Waals surface area contributed by atoms with E-state index in [9.17, 15) is 10.4 Å². The summed E-state index contributed by atoms with van der Waals surface area (Å²) in [6.07, 6.45) is 1.95. The number of benzene rings is 1. The van der Waals surface area contributed by atoms with Crippen molar-refractivity contribution in [1.29, 1.82) is 5.26 Å². The van der Waals surface area contributed by atoms with Crippen LogP contribution in [0.4, 0.5) is 5.69 Å². The molecule has 0 saturated heterocycles. The van der Waals surface area contributed by atoms with E-state index in [2.05, 4.69) is 11.4 Å². The highest BCUT2D eigenvalue weighted by molar-refractivity contribution is 7.98. The summed E-state index contributed by atoms with van der Waals surface area (Å²) in [7, 11) is 0. The number of hydrogen-bond donors (Lipinski definition) is 2. The van der Waals surface area contributed by atoms with E-state index < -0.39 is 0 Å². The first-order valence-corrected chi connectivity index (χ1v) is 6.81. The second kappa shape index (κ2) is 6.53. The number of thioether (sulfide) groups is 1. The van der Waals surface area contributed by atoms with Crippen LogP contribution in [0, 0.1) is 17.2 Å². The number of nitriles is 1. The number of aliphatic hydroxyl groups is 1. The summed E-state index contributed by atoms with van der Waals surface area (Å²) >= 11 is 1.55. The van der Waals surface area contributed by atoms with Gasteiger partial charge in [-0.25, -0.2) is 0 Å². The molecule has 0 aliphatic rings. The highest BCUT2D eigenvalue weighted by Gasteiger charge is 2.15. The lowest BCUT2D eigenvalue weighted by molar-refractivity contribution is 0.249. The standard InChI is InChI=1S/C13H18N2OS/c1-9(2)12(8-16)15-11-5-4-6-13(17-3)10(11)7-14/h4-6,9,12,15-16H,8H2,1-3H3. The Hall–Kier alpha value is -1.18. The average Bonchev–Trinajstić information content (AvgIpc) is 2.34. The smallest absolute Gasteiger partial charge is 0.102 e. The lowest BCUT2D eigenvalue weighted by Gasteiger charge is -2.22. The van der Waals surface area contributed by atoms with E-state index in [4.69, 9.17) is 0 Å². The highest BCUT2D eigenvalue weighted by Crippen LogP contribution is 2.27. The number of aliphatic hydroxyl groups excluding tert-OH is 1. The Kier molecular flexibility index (Phi) is 5.33. The molecule has 1 aromatic carbocycles. The molecule has 0 aromatic heterocycles. The summed E-state index contributed by atoms with van der Waals surface area (Å²) in [5.74, 6) is 0.310. The van der Waals surface area contributed by atoms with Gasteiger partial charge < -0.3 is 10.4 Å². The summed E-state index contributed by atoms with van der Waals surface area (Å²) in [5.41, 5.74) is 1.45. The van der Waals surface area contributed by atoms with Crippen molar-refractivity contribution in [2.45, 2.75) is 24.8 Å². The molecule has 1 unspecified atom stereocenters. The lowest BCUT2D eigenvalue weighted by Crippen LogP contribution is -2.29. The topological polar surface area (TPSA) is 56.0 Å². The van der Waals surface area contributed by atoms with Gasteiger partial charge in [0.25, 0.3) is 0 Å². The van der Waals surface area contributed by atoms with Gasteiger partial charge in [-0.15, -0.1) is 11.8 Å². The van der Waals surface area contributed by atoms with E-state index in [-0.39, 0.29) is 12.6 Å². The minimum Gasteiger partial charge on any atom is -0.394 e. The van der Waals surface area contributed by atoms with Crippen molar-refractivity contribution in [2.75, 3.05) is 18.2 Å². The zero-order chi connectivity index (χ0) is 12.8. The predicted molar refractivity (Wildman–Crippen MR) is 72.3 cm³/mol. The van der Waals surface area contributed by atoms with Gasteiger partial charge in [0.1, 0.15) is 6.07 Å². The SMILES string of the molecule is CSc1cccc(NC(CO)C(C)C)c1C#N. The van der Waals surface area contributed by atoms with Gasteiger partial charge in [0.15, 0.2) is 0 Å². The lowest BCUT2D eigenvalue weighted by atomic mass is 10.0. The number of nitrogens with zero attached hydrogens (tertiary/aromatic N) is 1. The van der Waals surface area contributed by atoms with Gasteiger partial charge in [-0.05, 0) is 24.3 Å². The second-order valence-corrected chi connectivity index (χ2v) is 5.02. The minimum absolute atomic E-state index is 0.0285. The largest absolute Gasteiger partial charge is 0.394 e. The molecule has 2 N–H and O–H groups in total. The third kappa shape index (κ3) is 3.39. The van der Waals surface area contributed by atoms with Crippen LogP contribution in [-0.2, 0) is 0 Å². The summed E-state index contributed by atoms with van der Waals surface area (Å²) in [6.45, 7) is 4.14. The molecule has 4 heteroatoms. The number of hydrogen-bond acceptors (Lipinski definition) is 4. The first kappa shape index (κ1) is 13.9. The van der Waals surface area contributed by atoms with E-state index in [1.165, 1.54) is 0 Å². The van der Waals surface area contributed by atoms with Crippen LogP contribution in [0.25, 0.3) is 0 Å². The van der Waals surface area contributed by atoms with E-state index in [1.807, 2.05) is 38.3 Å². The van der Waals surface area contributed by atoms with Crippen LogP contribution in [0.15, 0.2) is 23.1 Å². The molecule has 0 fully saturated rings. The van der Waals surface area contributed by atoms with E-state index in [1.54, 1.807) is 11.8 Å². The van der Waals surface area contributed by atoms with Crippen LogP contribution >= 0.6 is 11.8 Å². The van der Waals surface area contributed by atoms with Crippen LogP contribution in [0.3, 0.4) is 0 Å². The van der Waals surface area contributed by atoms with Crippen molar-refractivity contribution < 1.29 is 5.11 Å². The van der Waals surface area contributed by atoms with Gasteiger partial charge >= 0.3 is 0 Å². The molecule has 92 valence electrons. The maximum Gasteiger partial charge on any atom is 0.102 e. The molecule has 1 aromatic rings. The van der Waals surface area contributed by atoms with Crippen LogP contribution in [0.5, 0.6) is 0 Å². The molecular weight excluding hydrogens is 232 g/mol. The molecular formula is C13H18N2OS. The van der Waals surface area contributed by atoms with Crippen molar-refractivity contribution in [3.05, 3.63) is 23.8 Å². The summed E-state index contributed by atoms with van der Waals surface area (Å²) < 4.78 is 0. The minimum atomic E-state index is -0.0285. The Morgan fingerprint density at radius 3 is 2.65 bits per heavy atom. The van der Waals surface area contributed by atoms with E-state index in [0.717, 1.165) is 10.6 Å². The number of nitrogens with one attached hydrogen (secondary N) is 1. The first-order valence-electron chi connectivity index (χ1n) is 5.58. The van der Waals surface area contributed by atoms with Crippen molar-refractivity contribution >= 4 is 17.4 Å². The predicted octanol–water partition coefficient (Wildman–Crippen LogP) is 2.71. The van der Waals surface area contributed by atoms with Crippen molar-refractivity contribution in [3.63, 3.8) is 0 Å². The van der Waals surface area contributed by atoms with Gasteiger partial charge in [0.2, 0.25) is 0 Å². The summed E-state index contributed by atoms with van der Waals surface area (Å²) in [5, 5.41) is 21.7. The van der Waals surface area contributed by atoms with Crippen molar-refractivity contribution in [2.24, 2.45) is 5.92 Å². The molecule has 1 rings (SSSR count). The average molecular weight is 250 g/mol. The first-order chi connectivity index (χ1) is 8.13. The molecule has 0 bridgehead atoms. The fourth-order valence-electron chi connectivity index (χ4n) is 1.56. The fourth-order valence-corrected chi connectivity index (χ4v) is 2.13. The molecule has 0 aliphatic carbocycles. The molecule has 0 heterocycles. The van der Waals surface area contributed by atoms with Crippen molar-refractivity contribution in [3.8, 4) is 6.07 Å². The molecule has 0 amide bonds. The number of rotatable bonds is 5.